The van der Waals surface area contributed by atoms with Gasteiger partial charge in [-0.1, -0.05) is 12.1 Å². The highest BCUT2D eigenvalue weighted by molar-refractivity contribution is 5.95. The summed E-state index contributed by atoms with van der Waals surface area (Å²) in [5.74, 6) is -0.627. The predicted octanol–water partition coefficient (Wildman–Crippen LogP) is 2.87. The second kappa shape index (κ2) is 6.50. The predicted molar refractivity (Wildman–Crippen MR) is 89.8 cm³/mol. The third-order valence-electron chi connectivity index (χ3n) is 5.23. The van der Waals surface area contributed by atoms with Gasteiger partial charge in [0.05, 0.1) is 0 Å². The molecular weight excluding hydrogens is 347 g/mol. The van der Waals surface area contributed by atoms with Crippen molar-refractivity contribution in [2.24, 2.45) is 5.92 Å². The quantitative estimate of drug-likeness (QED) is 0.892. The summed E-state index contributed by atoms with van der Waals surface area (Å²) in [4.78, 5) is 15.7. The Bertz CT molecular complexity index is 723. The highest BCUT2D eigenvalue weighted by Crippen LogP contribution is 2.33. The minimum Gasteiger partial charge on any atom is -0.471 e. The second-order valence-corrected chi connectivity index (χ2v) is 7.12. The molecule has 1 aromatic carbocycles. The largest absolute Gasteiger partial charge is 0.471 e. The minimum atomic E-state index is -4.91. The lowest BCUT2D eigenvalue weighted by Crippen LogP contribution is -2.44. The summed E-state index contributed by atoms with van der Waals surface area (Å²) in [6, 6.07) is 6.68. The molecule has 0 radical (unpaired) electrons. The van der Waals surface area contributed by atoms with Crippen LogP contribution < -0.4 is 5.32 Å². The Kier molecular flexibility index (Phi) is 4.30. The molecule has 0 aliphatic carbocycles. The normalized spacial score (nSPS) is 27.9. The first-order chi connectivity index (χ1) is 12.4. The molecule has 0 saturated carbocycles. The Labute approximate surface area is 149 Å². The van der Waals surface area contributed by atoms with Gasteiger partial charge in [0.25, 0.3) is 0 Å². The molecule has 2 saturated heterocycles. The zero-order valence-corrected chi connectivity index (χ0v) is 14.1. The molecular formula is C18H20F3N3O2. The maximum Gasteiger partial charge on any atom is 0.471 e. The van der Waals surface area contributed by atoms with Crippen LogP contribution in [0.1, 0.15) is 18.4 Å². The van der Waals surface area contributed by atoms with Gasteiger partial charge < -0.3 is 19.9 Å². The van der Waals surface area contributed by atoms with Gasteiger partial charge in [-0.2, -0.15) is 13.2 Å². The standard InChI is InChI=1S/C18H20F3N3O2/c19-18(20,21)17(25)22-14-3-1-2-13(7-14)16-10-24(11-26-16)15-6-12-4-5-23(8-12)9-15/h1-3,7,10,12,15H,4-6,8-9,11H2,(H,22,25)/t12-,15-/m1/s1. The van der Waals surface area contributed by atoms with Gasteiger partial charge in [-0.25, -0.2) is 0 Å². The summed E-state index contributed by atoms with van der Waals surface area (Å²) in [5, 5.41) is 1.87. The summed E-state index contributed by atoms with van der Waals surface area (Å²) in [6.45, 7) is 3.81. The van der Waals surface area contributed by atoms with Gasteiger partial charge in [-0.15, -0.1) is 0 Å². The highest BCUT2D eigenvalue weighted by Gasteiger charge is 2.39. The number of alkyl halides is 3. The van der Waals surface area contributed by atoms with E-state index in [1.807, 2.05) is 11.5 Å². The molecule has 1 amide bonds. The maximum atomic E-state index is 12.4. The number of hydrogen-bond donors (Lipinski definition) is 1. The van der Waals surface area contributed by atoms with Crippen LogP contribution in [0.25, 0.3) is 5.76 Å². The van der Waals surface area contributed by atoms with E-state index in [9.17, 15) is 18.0 Å². The van der Waals surface area contributed by atoms with E-state index >= 15 is 0 Å². The van der Waals surface area contributed by atoms with Crippen LogP contribution in [0.2, 0.25) is 0 Å². The fourth-order valence-corrected chi connectivity index (χ4v) is 3.96. The monoisotopic (exact) mass is 367 g/mol. The van der Waals surface area contributed by atoms with E-state index in [0.717, 1.165) is 25.4 Å². The zero-order valence-electron chi connectivity index (χ0n) is 14.1. The molecule has 8 heteroatoms. The van der Waals surface area contributed by atoms with Crippen LogP contribution in [0, 0.1) is 5.92 Å². The summed E-state index contributed by atoms with van der Waals surface area (Å²) in [5.41, 5.74) is 0.737. The molecule has 1 unspecified atom stereocenters. The van der Waals surface area contributed by atoms with Crippen LogP contribution in [0.5, 0.6) is 0 Å². The summed E-state index contributed by atoms with van der Waals surface area (Å²) in [7, 11) is 0. The van der Waals surface area contributed by atoms with Gasteiger partial charge in [0.1, 0.15) is 5.76 Å². The third-order valence-corrected chi connectivity index (χ3v) is 5.23. The van der Waals surface area contributed by atoms with E-state index in [0.29, 0.717) is 24.1 Å². The molecule has 4 rings (SSSR count). The van der Waals surface area contributed by atoms with Crippen LogP contribution in [0.4, 0.5) is 18.9 Å². The smallest absolute Gasteiger partial charge is 0.471 e. The molecule has 0 aromatic heterocycles. The van der Waals surface area contributed by atoms with Crippen molar-refractivity contribution in [1.82, 2.24) is 9.80 Å². The molecule has 3 aliphatic rings. The molecule has 2 bridgehead atoms. The number of fused-ring (bicyclic) bond motifs is 2. The average Bonchev–Trinajstić information content (AvgIpc) is 3.21. The molecule has 26 heavy (non-hydrogen) atoms. The van der Waals surface area contributed by atoms with Crippen molar-refractivity contribution in [3.63, 3.8) is 0 Å². The van der Waals surface area contributed by atoms with Crippen LogP contribution in [-0.2, 0) is 9.53 Å². The van der Waals surface area contributed by atoms with Gasteiger partial charge in [-0.3, -0.25) is 4.79 Å². The molecule has 140 valence electrons. The van der Waals surface area contributed by atoms with Gasteiger partial charge in [-0.05, 0) is 37.4 Å². The van der Waals surface area contributed by atoms with Gasteiger partial charge in [0, 0.05) is 36.6 Å². The minimum absolute atomic E-state index is 0.0922. The molecule has 3 heterocycles. The summed E-state index contributed by atoms with van der Waals surface area (Å²) in [6.07, 6.45) is -0.582. The number of amides is 1. The van der Waals surface area contributed by atoms with Gasteiger partial charge in [0.2, 0.25) is 0 Å². The lowest BCUT2D eigenvalue weighted by Gasteiger charge is -2.35. The number of hydrogen-bond acceptors (Lipinski definition) is 4. The Morgan fingerprint density at radius 2 is 2.12 bits per heavy atom. The number of anilines is 1. The summed E-state index contributed by atoms with van der Waals surface area (Å²) < 4.78 is 43.0. The topological polar surface area (TPSA) is 44.8 Å². The number of nitrogens with zero attached hydrogens (tertiary/aromatic N) is 2. The first-order valence-corrected chi connectivity index (χ1v) is 8.70. The fraction of sp³-hybridized carbons (Fsp3) is 0.500. The van der Waals surface area contributed by atoms with E-state index in [4.69, 9.17) is 4.74 Å². The second-order valence-electron chi connectivity index (χ2n) is 7.12. The van der Waals surface area contributed by atoms with Gasteiger partial charge in [0.15, 0.2) is 6.73 Å². The van der Waals surface area contributed by atoms with Crippen molar-refractivity contribution in [3.8, 4) is 0 Å². The number of carbonyl (C=O) groups excluding carboxylic acids is 1. The van der Waals surface area contributed by atoms with Crippen LogP contribution in [0.15, 0.2) is 30.5 Å². The highest BCUT2D eigenvalue weighted by atomic mass is 19.4. The lowest BCUT2D eigenvalue weighted by molar-refractivity contribution is -0.167. The Morgan fingerprint density at radius 1 is 1.27 bits per heavy atom. The number of benzene rings is 1. The molecule has 5 nitrogen and oxygen atoms in total. The van der Waals surface area contributed by atoms with Gasteiger partial charge >= 0.3 is 12.1 Å². The van der Waals surface area contributed by atoms with E-state index < -0.39 is 12.1 Å². The van der Waals surface area contributed by atoms with Crippen molar-refractivity contribution in [1.29, 1.82) is 0 Å². The number of halogens is 3. The average molecular weight is 367 g/mol. The zero-order chi connectivity index (χ0) is 18.3. The van der Waals surface area contributed by atoms with Crippen molar-refractivity contribution < 1.29 is 22.7 Å². The Hall–Kier alpha value is -2.22. The number of carbonyl (C=O) groups is 1. The van der Waals surface area contributed by atoms with Crippen LogP contribution in [-0.4, -0.2) is 54.3 Å². The SMILES string of the molecule is O=C(Nc1cccc(C2=CN([C@@H]3C[C@H]4CCN(C4)C3)CO2)c1)C(F)(F)F. The number of ether oxygens (including phenoxy) is 1. The van der Waals surface area contributed by atoms with Crippen molar-refractivity contribution in [2.45, 2.75) is 25.1 Å². The van der Waals surface area contributed by atoms with E-state index in [1.165, 1.54) is 25.1 Å². The molecule has 1 aromatic rings. The number of piperidine rings is 1. The van der Waals surface area contributed by atoms with E-state index in [-0.39, 0.29) is 5.69 Å². The molecule has 3 aliphatic heterocycles. The first kappa shape index (κ1) is 17.2. The maximum absolute atomic E-state index is 12.4. The van der Waals surface area contributed by atoms with Crippen molar-refractivity contribution >= 4 is 17.4 Å². The number of rotatable bonds is 3. The molecule has 3 atom stereocenters. The molecule has 0 spiro atoms. The van der Waals surface area contributed by atoms with Crippen molar-refractivity contribution in [3.05, 3.63) is 36.0 Å². The van der Waals surface area contributed by atoms with Crippen molar-refractivity contribution in [2.75, 3.05) is 31.7 Å². The Balaban J connectivity index is 1.46. The first-order valence-electron chi connectivity index (χ1n) is 8.70. The van der Waals surface area contributed by atoms with Crippen LogP contribution >= 0.6 is 0 Å². The number of nitrogens with one attached hydrogen (secondary N) is 1. The Morgan fingerprint density at radius 3 is 2.88 bits per heavy atom. The third kappa shape index (κ3) is 3.51. The van der Waals surface area contributed by atoms with E-state index in [1.54, 1.807) is 12.1 Å². The van der Waals surface area contributed by atoms with Crippen LogP contribution in [0.3, 0.4) is 0 Å². The fourth-order valence-electron chi connectivity index (χ4n) is 3.96. The summed E-state index contributed by atoms with van der Waals surface area (Å²) >= 11 is 0. The van der Waals surface area contributed by atoms with E-state index in [2.05, 4.69) is 9.80 Å². The molecule has 2 fully saturated rings. The lowest BCUT2D eigenvalue weighted by atomic mass is 9.96. The molecule has 1 N–H and O–H groups in total.